The number of hydrogen-bond acceptors (Lipinski definition) is 5. The lowest BCUT2D eigenvalue weighted by molar-refractivity contribution is -0.386. The first-order chi connectivity index (χ1) is 9.08. The van der Waals surface area contributed by atoms with Gasteiger partial charge in [-0.15, -0.1) is 0 Å². The molecule has 0 aromatic carbocycles. The molecule has 1 aromatic heterocycles. The van der Waals surface area contributed by atoms with Crippen LogP contribution in [0.2, 0.25) is 0 Å². The zero-order valence-corrected chi connectivity index (χ0v) is 12.0. The van der Waals surface area contributed by atoms with Crippen LogP contribution >= 0.6 is 15.9 Å². The Labute approximate surface area is 119 Å². The first-order valence-electron chi connectivity index (χ1n) is 6.30. The third-order valence-corrected chi connectivity index (χ3v) is 3.70. The van der Waals surface area contributed by atoms with Crippen LogP contribution in [0.15, 0.2) is 16.7 Å². The number of aromatic nitrogens is 1. The number of halogens is 1. The molecule has 19 heavy (non-hydrogen) atoms. The molecule has 1 fully saturated rings. The largest absolute Gasteiger partial charge is 0.468 e. The number of nitrogens with zero attached hydrogens (tertiary/aromatic N) is 2. The molecule has 1 heterocycles. The summed E-state index contributed by atoms with van der Waals surface area (Å²) in [6.07, 6.45) is 6.23. The van der Waals surface area contributed by atoms with Crippen LogP contribution in [0.5, 0.6) is 5.88 Å². The molecule has 0 bridgehead atoms. The van der Waals surface area contributed by atoms with Crippen LogP contribution in [0.25, 0.3) is 0 Å². The Hall–Kier alpha value is -1.21. The van der Waals surface area contributed by atoms with Crippen molar-refractivity contribution in [2.45, 2.75) is 44.2 Å². The Morgan fingerprint density at radius 2 is 2.16 bits per heavy atom. The summed E-state index contributed by atoms with van der Waals surface area (Å²) in [6, 6.07) is 1.30. The van der Waals surface area contributed by atoms with Crippen molar-refractivity contribution >= 4 is 21.6 Å². The molecule has 2 unspecified atom stereocenters. The predicted octanol–water partition coefficient (Wildman–Crippen LogP) is 2.79. The van der Waals surface area contributed by atoms with Gasteiger partial charge in [-0.3, -0.25) is 10.1 Å². The van der Waals surface area contributed by atoms with Crippen molar-refractivity contribution in [3.63, 3.8) is 0 Å². The van der Waals surface area contributed by atoms with E-state index in [1.54, 1.807) is 0 Å². The predicted molar refractivity (Wildman–Crippen MR) is 74.1 cm³/mol. The molecule has 1 aliphatic rings. The van der Waals surface area contributed by atoms with Crippen molar-refractivity contribution in [3.8, 4) is 5.88 Å². The number of nitrogens with two attached hydrogens (primary N) is 1. The van der Waals surface area contributed by atoms with Crippen LogP contribution in [-0.4, -0.2) is 22.1 Å². The van der Waals surface area contributed by atoms with Crippen molar-refractivity contribution in [2.24, 2.45) is 5.73 Å². The standard InChI is InChI=1S/C12H16BrN3O3/c13-8-6-10(16(17)18)12(15-7-8)19-11-5-3-1-2-4-9(11)14/h6-7,9,11H,1-5,14H2. The minimum absolute atomic E-state index is 0.0514. The average molecular weight is 330 g/mol. The van der Waals surface area contributed by atoms with Gasteiger partial charge in [-0.1, -0.05) is 12.8 Å². The van der Waals surface area contributed by atoms with Gasteiger partial charge in [0.15, 0.2) is 0 Å². The van der Waals surface area contributed by atoms with E-state index in [-0.39, 0.29) is 23.7 Å². The quantitative estimate of drug-likeness (QED) is 0.523. The summed E-state index contributed by atoms with van der Waals surface area (Å²) < 4.78 is 6.25. The third-order valence-electron chi connectivity index (χ3n) is 3.26. The number of ether oxygens (including phenoxy) is 1. The van der Waals surface area contributed by atoms with Crippen LogP contribution < -0.4 is 10.5 Å². The summed E-state index contributed by atoms with van der Waals surface area (Å²) in [6.45, 7) is 0. The topological polar surface area (TPSA) is 91.3 Å². The van der Waals surface area contributed by atoms with Gasteiger partial charge in [0.1, 0.15) is 6.10 Å². The second-order valence-electron chi connectivity index (χ2n) is 4.69. The van der Waals surface area contributed by atoms with E-state index in [0.29, 0.717) is 4.47 Å². The van der Waals surface area contributed by atoms with Crippen molar-refractivity contribution in [3.05, 3.63) is 26.9 Å². The van der Waals surface area contributed by atoms with Gasteiger partial charge >= 0.3 is 5.69 Å². The Morgan fingerprint density at radius 1 is 1.42 bits per heavy atom. The maximum atomic E-state index is 11.0. The summed E-state index contributed by atoms with van der Waals surface area (Å²) in [7, 11) is 0. The van der Waals surface area contributed by atoms with Gasteiger partial charge in [-0.05, 0) is 35.2 Å². The molecule has 0 radical (unpaired) electrons. The van der Waals surface area contributed by atoms with Gasteiger partial charge < -0.3 is 10.5 Å². The molecule has 0 spiro atoms. The average Bonchev–Trinajstić information content (AvgIpc) is 2.57. The lowest BCUT2D eigenvalue weighted by atomic mass is 10.1. The van der Waals surface area contributed by atoms with Gasteiger partial charge in [0.05, 0.1) is 4.92 Å². The van der Waals surface area contributed by atoms with E-state index in [4.69, 9.17) is 10.5 Å². The molecular formula is C12H16BrN3O3. The van der Waals surface area contributed by atoms with Crippen molar-refractivity contribution < 1.29 is 9.66 Å². The molecular weight excluding hydrogens is 314 g/mol. The fourth-order valence-corrected chi connectivity index (χ4v) is 2.55. The van der Waals surface area contributed by atoms with Gasteiger partial charge in [-0.2, -0.15) is 0 Å². The lowest BCUT2D eigenvalue weighted by Gasteiger charge is -2.21. The minimum Gasteiger partial charge on any atom is -0.468 e. The molecule has 6 nitrogen and oxygen atoms in total. The van der Waals surface area contributed by atoms with E-state index < -0.39 is 4.92 Å². The first kappa shape index (κ1) is 14.2. The van der Waals surface area contributed by atoms with E-state index in [0.717, 1.165) is 32.1 Å². The third kappa shape index (κ3) is 3.63. The van der Waals surface area contributed by atoms with E-state index in [1.165, 1.54) is 12.3 Å². The highest BCUT2D eigenvalue weighted by molar-refractivity contribution is 9.10. The normalized spacial score (nSPS) is 23.7. The molecule has 104 valence electrons. The monoisotopic (exact) mass is 329 g/mol. The number of nitro groups is 1. The molecule has 7 heteroatoms. The Morgan fingerprint density at radius 3 is 2.89 bits per heavy atom. The molecule has 1 aromatic rings. The number of pyridine rings is 1. The second kappa shape index (κ2) is 6.29. The fourth-order valence-electron chi connectivity index (χ4n) is 2.23. The highest BCUT2D eigenvalue weighted by Crippen LogP contribution is 2.30. The molecule has 0 amide bonds. The Bertz CT molecular complexity index is 470. The summed E-state index contributed by atoms with van der Waals surface area (Å²) >= 11 is 3.17. The van der Waals surface area contributed by atoms with E-state index in [1.807, 2.05) is 0 Å². The molecule has 1 saturated carbocycles. The van der Waals surface area contributed by atoms with E-state index in [9.17, 15) is 10.1 Å². The maximum absolute atomic E-state index is 11.0. The first-order valence-corrected chi connectivity index (χ1v) is 7.09. The van der Waals surface area contributed by atoms with Gasteiger partial charge in [-0.25, -0.2) is 4.98 Å². The van der Waals surface area contributed by atoms with Gasteiger partial charge in [0.25, 0.3) is 5.88 Å². The Balaban J connectivity index is 2.19. The van der Waals surface area contributed by atoms with Gasteiger partial charge in [0.2, 0.25) is 0 Å². The van der Waals surface area contributed by atoms with E-state index >= 15 is 0 Å². The molecule has 2 N–H and O–H groups in total. The summed E-state index contributed by atoms with van der Waals surface area (Å²) in [4.78, 5) is 14.5. The molecule has 1 aliphatic carbocycles. The van der Waals surface area contributed by atoms with Crippen LogP contribution in [0.3, 0.4) is 0 Å². The summed E-state index contributed by atoms with van der Waals surface area (Å²) in [5.41, 5.74) is 5.92. The lowest BCUT2D eigenvalue weighted by Crippen LogP contribution is -2.38. The zero-order chi connectivity index (χ0) is 13.8. The fraction of sp³-hybridized carbons (Fsp3) is 0.583. The van der Waals surface area contributed by atoms with Crippen LogP contribution in [0, 0.1) is 10.1 Å². The number of rotatable bonds is 3. The highest BCUT2D eigenvalue weighted by Gasteiger charge is 2.26. The highest BCUT2D eigenvalue weighted by atomic mass is 79.9. The van der Waals surface area contributed by atoms with Crippen molar-refractivity contribution in [2.75, 3.05) is 0 Å². The SMILES string of the molecule is NC1CCCCCC1Oc1ncc(Br)cc1[N+](=O)[O-]. The molecule has 0 aliphatic heterocycles. The second-order valence-corrected chi connectivity index (χ2v) is 5.61. The molecule has 2 rings (SSSR count). The van der Waals surface area contributed by atoms with Crippen molar-refractivity contribution in [1.29, 1.82) is 0 Å². The van der Waals surface area contributed by atoms with E-state index in [2.05, 4.69) is 20.9 Å². The summed E-state index contributed by atoms with van der Waals surface area (Å²) in [5, 5.41) is 11.0. The Kier molecular flexibility index (Phi) is 4.71. The molecule has 0 saturated heterocycles. The van der Waals surface area contributed by atoms with Crippen LogP contribution in [-0.2, 0) is 0 Å². The van der Waals surface area contributed by atoms with Gasteiger partial charge in [0, 0.05) is 22.8 Å². The zero-order valence-electron chi connectivity index (χ0n) is 10.4. The summed E-state index contributed by atoms with van der Waals surface area (Å²) in [5.74, 6) is 0.0514. The molecule has 2 atom stereocenters. The number of hydrogen-bond donors (Lipinski definition) is 1. The van der Waals surface area contributed by atoms with Crippen LogP contribution in [0.4, 0.5) is 5.69 Å². The maximum Gasteiger partial charge on any atom is 0.332 e. The minimum atomic E-state index is -0.491. The van der Waals surface area contributed by atoms with Crippen LogP contribution in [0.1, 0.15) is 32.1 Å². The van der Waals surface area contributed by atoms with Crippen molar-refractivity contribution in [1.82, 2.24) is 4.98 Å². The smallest absolute Gasteiger partial charge is 0.332 e.